The molecule has 1 aromatic carbocycles. The lowest BCUT2D eigenvalue weighted by Crippen LogP contribution is -2.44. The maximum absolute atomic E-state index is 12.1. The molecule has 6 nitrogen and oxygen atoms in total. The van der Waals surface area contributed by atoms with Crippen LogP contribution in [-0.2, 0) is 0 Å². The average Bonchev–Trinajstić information content (AvgIpc) is 2.28. The third-order valence-corrected chi connectivity index (χ3v) is 3.29. The minimum atomic E-state index is -0.587. The van der Waals surface area contributed by atoms with Crippen LogP contribution in [-0.4, -0.2) is 28.1 Å². The molecular formula is C12H15BrN2O4. The van der Waals surface area contributed by atoms with Gasteiger partial charge in [-0.05, 0) is 42.3 Å². The summed E-state index contributed by atoms with van der Waals surface area (Å²) in [4.78, 5) is 22.2. The zero-order chi connectivity index (χ0) is 14.6. The molecule has 0 aliphatic rings. The summed E-state index contributed by atoms with van der Waals surface area (Å²) in [6, 6.07) is 4.00. The van der Waals surface area contributed by atoms with Crippen molar-refractivity contribution in [2.24, 2.45) is 0 Å². The van der Waals surface area contributed by atoms with E-state index in [1.807, 2.05) is 0 Å². The fourth-order valence-electron chi connectivity index (χ4n) is 1.52. The SMILES string of the molecule is CC(C)(CCO)NC(=O)c1cc([N+](=O)[O-])ccc1Br. The van der Waals surface area contributed by atoms with E-state index in [4.69, 9.17) is 5.11 Å². The molecule has 0 aliphatic carbocycles. The largest absolute Gasteiger partial charge is 0.396 e. The third-order valence-electron chi connectivity index (χ3n) is 2.59. The first-order valence-electron chi connectivity index (χ1n) is 5.64. The lowest BCUT2D eigenvalue weighted by molar-refractivity contribution is -0.384. The Hall–Kier alpha value is -1.47. The summed E-state index contributed by atoms with van der Waals surface area (Å²) in [7, 11) is 0. The van der Waals surface area contributed by atoms with Gasteiger partial charge in [-0.15, -0.1) is 0 Å². The Morgan fingerprint density at radius 2 is 2.16 bits per heavy atom. The number of nitro groups is 1. The van der Waals surface area contributed by atoms with Crippen LogP contribution in [0.15, 0.2) is 22.7 Å². The Labute approximate surface area is 119 Å². The number of rotatable bonds is 5. The molecule has 0 spiro atoms. The van der Waals surface area contributed by atoms with Crippen molar-refractivity contribution in [1.29, 1.82) is 0 Å². The van der Waals surface area contributed by atoms with Crippen molar-refractivity contribution < 1.29 is 14.8 Å². The second-order valence-corrected chi connectivity index (χ2v) is 5.59. The normalized spacial score (nSPS) is 11.2. The minimum absolute atomic E-state index is 0.0522. The summed E-state index contributed by atoms with van der Waals surface area (Å²) >= 11 is 3.19. The number of benzene rings is 1. The first-order chi connectivity index (χ1) is 8.76. The molecule has 104 valence electrons. The monoisotopic (exact) mass is 330 g/mol. The van der Waals surface area contributed by atoms with Gasteiger partial charge in [0.05, 0.1) is 10.5 Å². The van der Waals surface area contributed by atoms with Gasteiger partial charge in [-0.25, -0.2) is 0 Å². The fraction of sp³-hybridized carbons (Fsp3) is 0.417. The molecule has 0 radical (unpaired) electrons. The van der Waals surface area contributed by atoms with E-state index in [0.717, 1.165) is 0 Å². The Morgan fingerprint density at radius 3 is 2.68 bits per heavy atom. The van der Waals surface area contributed by atoms with Crippen LogP contribution in [0.4, 0.5) is 5.69 Å². The number of nitrogens with zero attached hydrogens (tertiary/aromatic N) is 1. The Balaban J connectivity index is 2.99. The number of carbonyl (C=O) groups excluding carboxylic acids is 1. The van der Waals surface area contributed by atoms with Gasteiger partial charge < -0.3 is 10.4 Å². The van der Waals surface area contributed by atoms with Crippen molar-refractivity contribution in [3.05, 3.63) is 38.3 Å². The quantitative estimate of drug-likeness (QED) is 0.639. The highest BCUT2D eigenvalue weighted by molar-refractivity contribution is 9.10. The lowest BCUT2D eigenvalue weighted by atomic mass is 10.0. The van der Waals surface area contributed by atoms with Gasteiger partial charge in [0.2, 0.25) is 0 Å². The van der Waals surface area contributed by atoms with Gasteiger partial charge in [-0.1, -0.05) is 0 Å². The van der Waals surface area contributed by atoms with Crippen molar-refractivity contribution in [3.8, 4) is 0 Å². The molecule has 0 aromatic heterocycles. The van der Waals surface area contributed by atoms with Gasteiger partial charge in [0, 0.05) is 28.8 Å². The number of amides is 1. The number of nitrogens with one attached hydrogen (secondary N) is 1. The van der Waals surface area contributed by atoms with E-state index >= 15 is 0 Å². The Morgan fingerprint density at radius 1 is 1.53 bits per heavy atom. The van der Waals surface area contributed by atoms with Crippen molar-refractivity contribution in [3.63, 3.8) is 0 Å². The molecule has 0 aliphatic heterocycles. The van der Waals surface area contributed by atoms with E-state index in [9.17, 15) is 14.9 Å². The molecule has 1 amide bonds. The highest BCUT2D eigenvalue weighted by atomic mass is 79.9. The standard InChI is InChI=1S/C12H15BrN2O4/c1-12(2,5-6-16)14-11(17)9-7-8(15(18)19)3-4-10(9)13/h3-4,7,16H,5-6H2,1-2H3,(H,14,17). The number of hydrogen-bond acceptors (Lipinski definition) is 4. The maximum Gasteiger partial charge on any atom is 0.270 e. The van der Waals surface area contributed by atoms with Gasteiger partial charge in [0.1, 0.15) is 0 Å². The Kier molecular flexibility index (Phi) is 5.02. The Bertz CT molecular complexity index is 503. The van der Waals surface area contributed by atoms with Gasteiger partial charge in [-0.3, -0.25) is 14.9 Å². The smallest absolute Gasteiger partial charge is 0.270 e. The number of aliphatic hydroxyl groups excluding tert-OH is 1. The lowest BCUT2D eigenvalue weighted by Gasteiger charge is -2.25. The summed E-state index contributed by atoms with van der Waals surface area (Å²) in [5.41, 5.74) is -0.538. The average molecular weight is 331 g/mol. The van der Waals surface area contributed by atoms with Crippen LogP contribution >= 0.6 is 15.9 Å². The van der Waals surface area contributed by atoms with Crippen molar-refractivity contribution in [1.82, 2.24) is 5.32 Å². The van der Waals surface area contributed by atoms with Crippen LogP contribution in [0.5, 0.6) is 0 Å². The highest BCUT2D eigenvalue weighted by Gasteiger charge is 2.23. The second-order valence-electron chi connectivity index (χ2n) is 4.73. The van der Waals surface area contributed by atoms with Crippen molar-refractivity contribution >= 4 is 27.5 Å². The van der Waals surface area contributed by atoms with Crippen LogP contribution in [0.3, 0.4) is 0 Å². The van der Waals surface area contributed by atoms with Gasteiger partial charge in [0.15, 0.2) is 0 Å². The zero-order valence-corrected chi connectivity index (χ0v) is 12.2. The van der Waals surface area contributed by atoms with E-state index in [2.05, 4.69) is 21.2 Å². The topological polar surface area (TPSA) is 92.5 Å². The molecule has 0 saturated heterocycles. The first kappa shape index (κ1) is 15.6. The van der Waals surface area contributed by atoms with Crippen LogP contribution in [0.2, 0.25) is 0 Å². The minimum Gasteiger partial charge on any atom is -0.396 e. The molecule has 0 saturated carbocycles. The fourth-order valence-corrected chi connectivity index (χ4v) is 1.94. The molecule has 7 heteroatoms. The van der Waals surface area contributed by atoms with Crippen LogP contribution in [0, 0.1) is 10.1 Å². The van der Waals surface area contributed by atoms with Gasteiger partial charge in [-0.2, -0.15) is 0 Å². The molecule has 0 fully saturated rings. The van der Waals surface area contributed by atoms with E-state index in [0.29, 0.717) is 10.9 Å². The van der Waals surface area contributed by atoms with Crippen molar-refractivity contribution in [2.75, 3.05) is 6.61 Å². The summed E-state index contributed by atoms with van der Waals surface area (Å²) in [6.45, 7) is 3.49. The van der Waals surface area contributed by atoms with Gasteiger partial charge >= 0.3 is 0 Å². The van der Waals surface area contributed by atoms with Crippen molar-refractivity contribution in [2.45, 2.75) is 25.8 Å². The van der Waals surface area contributed by atoms with Crippen LogP contribution < -0.4 is 5.32 Å². The summed E-state index contributed by atoms with van der Waals surface area (Å²) in [5, 5.41) is 22.3. The number of halogens is 1. The van der Waals surface area contributed by atoms with E-state index in [-0.39, 0.29) is 17.9 Å². The van der Waals surface area contributed by atoms with E-state index < -0.39 is 16.4 Å². The molecule has 0 heterocycles. The number of aliphatic hydroxyl groups is 1. The third kappa shape index (κ3) is 4.29. The van der Waals surface area contributed by atoms with E-state index in [1.165, 1.54) is 18.2 Å². The van der Waals surface area contributed by atoms with Crippen LogP contribution in [0.25, 0.3) is 0 Å². The van der Waals surface area contributed by atoms with Crippen LogP contribution in [0.1, 0.15) is 30.6 Å². The molecule has 2 N–H and O–H groups in total. The molecule has 0 unspecified atom stereocenters. The first-order valence-corrected chi connectivity index (χ1v) is 6.43. The number of carbonyl (C=O) groups is 1. The number of non-ortho nitro benzene ring substituents is 1. The van der Waals surface area contributed by atoms with E-state index in [1.54, 1.807) is 13.8 Å². The number of nitro benzene ring substituents is 1. The second kappa shape index (κ2) is 6.12. The molecule has 1 rings (SSSR count). The molecule has 0 bridgehead atoms. The molecular weight excluding hydrogens is 316 g/mol. The maximum atomic E-state index is 12.1. The number of hydrogen-bond donors (Lipinski definition) is 2. The summed E-state index contributed by atoms with van der Waals surface area (Å²) in [6.07, 6.45) is 0.394. The highest BCUT2D eigenvalue weighted by Crippen LogP contribution is 2.23. The molecule has 19 heavy (non-hydrogen) atoms. The molecule has 0 atom stereocenters. The predicted octanol–water partition coefficient (Wildman–Crippen LogP) is 2.25. The summed E-state index contributed by atoms with van der Waals surface area (Å²) in [5.74, 6) is -0.422. The summed E-state index contributed by atoms with van der Waals surface area (Å²) < 4.78 is 0.482. The van der Waals surface area contributed by atoms with Gasteiger partial charge in [0.25, 0.3) is 11.6 Å². The predicted molar refractivity (Wildman–Crippen MR) is 74.0 cm³/mol. The molecule has 1 aromatic rings. The zero-order valence-electron chi connectivity index (χ0n) is 10.6.